The summed E-state index contributed by atoms with van der Waals surface area (Å²) in [5.74, 6) is 2.24. The number of fused-ring (bicyclic) bond motifs is 3. The lowest BCUT2D eigenvalue weighted by molar-refractivity contribution is -0.0190. The van der Waals surface area contributed by atoms with Gasteiger partial charge in [-0.05, 0) is 59.5 Å². The Labute approximate surface area is 203 Å². The topological polar surface area (TPSA) is 34.1 Å². The highest BCUT2D eigenvalue weighted by Gasteiger charge is 2.41. The van der Waals surface area contributed by atoms with Gasteiger partial charge in [0.05, 0.1) is 11.8 Å². The van der Waals surface area contributed by atoms with Crippen LogP contribution in [-0.4, -0.2) is 17.3 Å². The average Bonchev–Trinajstić information content (AvgIpc) is 3.28. The molecule has 0 spiro atoms. The van der Waals surface area contributed by atoms with Crippen molar-refractivity contribution in [1.29, 1.82) is 0 Å². The highest BCUT2D eigenvalue weighted by atomic mass is 79.9. The predicted molar refractivity (Wildman–Crippen MR) is 136 cm³/mol. The van der Waals surface area contributed by atoms with Crippen molar-refractivity contribution in [2.75, 3.05) is 6.61 Å². The second kappa shape index (κ2) is 9.06. The van der Waals surface area contributed by atoms with Gasteiger partial charge in [0, 0.05) is 22.0 Å². The summed E-state index contributed by atoms with van der Waals surface area (Å²) in [7, 11) is 0. The van der Waals surface area contributed by atoms with Crippen molar-refractivity contribution in [2.45, 2.75) is 38.5 Å². The fourth-order valence-electron chi connectivity index (χ4n) is 4.40. The van der Waals surface area contributed by atoms with Gasteiger partial charge in [-0.15, -0.1) is 0 Å². The van der Waals surface area contributed by atoms with Crippen molar-refractivity contribution < 1.29 is 9.47 Å². The molecule has 0 unspecified atom stereocenters. The fraction of sp³-hybridized carbons (Fsp3) is 0.250. The highest BCUT2D eigenvalue weighted by Crippen LogP contribution is 2.48. The molecule has 168 valence electrons. The van der Waals surface area contributed by atoms with E-state index in [1.54, 1.807) is 6.08 Å². The number of ether oxygens (including phenoxy) is 2. The molecule has 0 bridgehead atoms. The van der Waals surface area contributed by atoms with Crippen molar-refractivity contribution in [3.63, 3.8) is 0 Å². The van der Waals surface area contributed by atoms with Crippen LogP contribution in [-0.2, 0) is 0 Å². The van der Waals surface area contributed by atoms with Crippen LogP contribution in [0.5, 0.6) is 11.5 Å². The van der Waals surface area contributed by atoms with Gasteiger partial charge in [-0.25, -0.2) is 5.01 Å². The first kappa shape index (κ1) is 21.8. The Morgan fingerprint density at radius 1 is 1.12 bits per heavy atom. The van der Waals surface area contributed by atoms with Crippen LogP contribution >= 0.6 is 15.9 Å². The molecule has 3 aromatic rings. The molecule has 0 aliphatic carbocycles. The van der Waals surface area contributed by atoms with Crippen LogP contribution in [0, 0.1) is 0 Å². The fourth-order valence-corrected chi connectivity index (χ4v) is 4.78. The molecule has 0 radical (unpaired) electrons. The van der Waals surface area contributed by atoms with Crippen LogP contribution < -0.4 is 9.47 Å². The number of hydrazone groups is 1. The third-order valence-corrected chi connectivity index (χ3v) is 6.69. The molecular formula is C28H27BrN2O2. The zero-order valence-electron chi connectivity index (χ0n) is 18.9. The normalized spacial score (nSPS) is 18.9. The summed E-state index contributed by atoms with van der Waals surface area (Å²) in [6, 6.07) is 23.2. The molecule has 33 heavy (non-hydrogen) atoms. The average molecular weight is 503 g/mol. The number of hydrogen-bond donors (Lipinski definition) is 0. The molecular weight excluding hydrogens is 476 g/mol. The number of hydrogen-bond acceptors (Lipinski definition) is 4. The van der Waals surface area contributed by atoms with E-state index in [9.17, 15) is 0 Å². The van der Waals surface area contributed by atoms with Gasteiger partial charge < -0.3 is 9.47 Å². The van der Waals surface area contributed by atoms with Gasteiger partial charge in [0.1, 0.15) is 18.1 Å². The minimum atomic E-state index is -0.266. The Morgan fingerprint density at radius 2 is 1.88 bits per heavy atom. The van der Waals surface area contributed by atoms with Crippen LogP contribution in [0.15, 0.2) is 89.0 Å². The first-order chi connectivity index (χ1) is 16.0. The lowest BCUT2D eigenvalue weighted by atomic mass is 9.95. The molecule has 2 aliphatic heterocycles. The summed E-state index contributed by atoms with van der Waals surface area (Å²) in [5, 5.41) is 7.19. The van der Waals surface area contributed by atoms with E-state index in [0.717, 1.165) is 44.8 Å². The second-order valence-corrected chi connectivity index (χ2v) is 9.66. The highest BCUT2D eigenvalue weighted by molar-refractivity contribution is 9.10. The van der Waals surface area contributed by atoms with Gasteiger partial charge in [0.2, 0.25) is 6.23 Å². The maximum absolute atomic E-state index is 6.50. The zero-order chi connectivity index (χ0) is 22.9. The van der Waals surface area contributed by atoms with Crippen LogP contribution in [0.2, 0.25) is 0 Å². The molecule has 2 heterocycles. The van der Waals surface area contributed by atoms with E-state index in [-0.39, 0.29) is 12.3 Å². The van der Waals surface area contributed by atoms with E-state index in [4.69, 9.17) is 14.6 Å². The molecule has 4 nitrogen and oxygen atoms in total. The number of halogens is 1. The molecule has 0 saturated carbocycles. The third kappa shape index (κ3) is 4.30. The van der Waals surface area contributed by atoms with Crippen molar-refractivity contribution in [3.8, 4) is 11.5 Å². The van der Waals surface area contributed by atoms with E-state index < -0.39 is 0 Å². The Kier molecular flexibility index (Phi) is 5.98. The van der Waals surface area contributed by atoms with Crippen molar-refractivity contribution in [1.82, 2.24) is 5.01 Å². The monoisotopic (exact) mass is 502 g/mol. The molecule has 0 N–H and O–H groups in total. The Morgan fingerprint density at radius 3 is 2.58 bits per heavy atom. The summed E-state index contributed by atoms with van der Waals surface area (Å²) < 4.78 is 13.2. The molecule has 3 aromatic carbocycles. The van der Waals surface area contributed by atoms with Gasteiger partial charge in [-0.2, -0.15) is 5.10 Å². The van der Waals surface area contributed by atoms with Crippen LogP contribution in [0.1, 0.15) is 60.7 Å². The number of nitrogens with zero attached hydrogens (tertiary/aromatic N) is 2. The van der Waals surface area contributed by atoms with Crippen molar-refractivity contribution in [2.24, 2.45) is 5.10 Å². The van der Waals surface area contributed by atoms with Crippen LogP contribution in [0.4, 0.5) is 0 Å². The summed E-state index contributed by atoms with van der Waals surface area (Å²) in [5.41, 5.74) is 5.73. The molecule has 0 saturated heterocycles. The first-order valence-corrected chi connectivity index (χ1v) is 12.1. The summed E-state index contributed by atoms with van der Waals surface area (Å²) in [6.07, 6.45) is 2.30. The van der Waals surface area contributed by atoms with E-state index in [1.165, 1.54) is 5.56 Å². The van der Waals surface area contributed by atoms with Crippen molar-refractivity contribution >= 4 is 21.6 Å². The second-order valence-electron chi connectivity index (χ2n) is 8.74. The zero-order valence-corrected chi connectivity index (χ0v) is 20.5. The van der Waals surface area contributed by atoms with E-state index >= 15 is 0 Å². The summed E-state index contributed by atoms with van der Waals surface area (Å²) in [6.45, 7) is 8.62. The minimum Gasteiger partial charge on any atom is -0.490 e. The maximum Gasteiger partial charge on any atom is 0.213 e. The smallest absolute Gasteiger partial charge is 0.213 e. The minimum absolute atomic E-state index is 0.118. The van der Waals surface area contributed by atoms with Gasteiger partial charge >= 0.3 is 0 Å². The largest absolute Gasteiger partial charge is 0.490 e. The summed E-state index contributed by atoms with van der Waals surface area (Å²) in [4.78, 5) is 0. The van der Waals surface area contributed by atoms with Gasteiger partial charge in [-0.3, -0.25) is 0 Å². The maximum atomic E-state index is 6.50. The quantitative estimate of drug-likeness (QED) is 0.329. The van der Waals surface area contributed by atoms with Crippen LogP contribution in [0.3, 0.4) is 0 Å². The third-order valence-electron chi connectivity index (χ3n) is 6.20. The lowest BCUT2D eigenvalue weighted by Gasteiger charge is -2.38. The molecule has 2 aliphatic rings. The number of benzene rings is 3. The SMILES string of the molecule is C=CCOc1ccc(C2=NN3[C@H](C2)c2cc(Br)ccc2O[C@@H]3c2ccc(C(C)C)cc2)cc1. The van der Waals surface area contributed by atoms with E-state index in [1.807, 2.05) is 18.2 Å². The Balaban J connectivity index is 1.50. The van der Waals surface area contributed by atoms with E-state index in [2.05, 4.69) is 89.9 Å². The lowest BCUT2D eigenvalue weighted by Crippen LogP contribution is -2.33. The molecule has 5 rings (SSSR count). The van der Waals surface area contributed by atoms with Gasteiger partial charge in [0.25, 0.3) is 0 Å². The Hall–Kier alpha value is -3.05. The summed E-state index contributed by atoms with van der Waals surface area (Å²) >= 11 is 3.63. The molecule has 5 heteroatoms. The first-order valence-electron chi connectivity index (χ1n) is 11.3. The molecule has 2 atom stereocenters. The predicted octanol–water partition coefficient (Wildman–Crippen LogP) is 7.38. The Bertz CT molecular complexity index is 1190. The standard InChI is InChI=1S/C28H27BrN2O2/c1-4-15-32-23-12-9-20(10-13-23)25-17-26-24-16-22(29)11-14-27(24)33-28(31(26)30-25)21-7-5-19(6-8-21)18(2)3/h4-14,16,18,26,28H,1,15,17H2,2-3H3/t26-,28-/m1/s1. The van der Waals surface area contributed by atoms with Crippen LogP contribution in [0.25, 0.3) is 0 Å². The van der Waals surface area contributed by atoms with E-state index in [0.29, 0.717) is 12.5 Å². The van der Waals surface area contributed by atoms with Gasteiger partial charge in [0.15, 0.2) is 0 Å². The number of rotatable bonds is 6. The molecule has 0 fully saturated rings. The van der Waals surface area contributed by atoms with Gasteiger partial charge in [-0.1, -0.05) is 66.7 Å². The molecule has 0 aromatic heterocycles. The molecule has 0 amide bonds. The van der Waals surface area contributed by atoms with Crippen molar-refractivity contribution in [3.05, 3.63) is 106 Å².